The monoisotopic (exact) mass is 324 g/mol. The fourth-order valence-electron chi connectivity index (χ4n) is 3.65. The summed E-state index contributed by atoms with van der Waals surface area (Å²) in [5.41, 5.74) is 0.217. The van der Waals surface area contributed by atoms with Gasteiger partial charge in [0.05, 0.1) is 10.5 Å². The summed E-state index contributed by atoms with van der Waals surface area (Å²) < 4.78 is 0. The molecule has 3 unspecified atom stereocenters. The molecule has 0 bridgehead atoms. The first kappa shape index (κ1) is 15.0. The Hall–Kier alpha value is -1.96. The Labute approximate surface area is 130 Å². The number of hydrogen-bond donors (Lipinski definition) is 1. The topological polar surface area (TPSA) is 101 Å². The van der Waals surface area contributed by atoms with Crippen LogP contribution in [0.1, 0.15) is 42.5 Å². The number of carbonyl (C=O) groups is 2. The minimum Gasteiger partial charge on any atom is -0.480 e. The van der Waals surface area contributed by atoms with Crippen molar-refractivity contribution in [3.8, 4) is 0 Å². The number of rotatable bonds is 3. The molecule has 22 heavy (non-hydrogen) atoms. The molecule has 2 fully saturated rings. The summed E-state index contributed by atoms with van der Waals surface area (Å²) in [7, 11) is 0. The molecule has 3 atom stereocenters. The maximum absolute atomic E-state index is 12.7. The minimum atomic E-state index is -0.993. The Morgan fingerprint density at radius 3 is 2.73 bits per heavy atom. The fourth-order valence-corrected chi connectivity index (χ4v) is 4.35. The zero-order chi connectivity index (χ0) is 15.9. The predicted octanol–water partition coefficient (Wildman–Crippen LogP) is 2.51. The van der Waals surface area contributed by atoms with Gasteiger partial charge in [0, 0.05) is 17.5 Å². The summed E-state index contributed by atoms with van der Waals surface area (Å²) >= 11 is 0.890. The lowest BCUT2D eigenvalue weighted by molar-refractivity contribution is -0.380. The van der Waals surface area contributed by atoms with Gasteiger partial charge in [-0.3, -0.25) is 14.9 Å². The zero-order valence-electron chi connectivity index (χ0n) is 11.8. The molecule has 1 saturated carbocycles. The van der Waals surface area contributed by atoms with Gasteiger partial charge in [0.2, 0.25) is 0 Å². The average molecular weight is 324 g/mol. The van der Waals surface area contributed by atoms with Crippen LogP contribution in [0.4, 0.5) is 5.00 Å². The van der Waals surface area contributed by atoms with Gasteiger partial charge in [-0.2, -0.15) is 0 Å². The van der Waals surface area contributed by atoms with Crippen molar-refractivity contribution in [1.82, 2.24) is 4.90 Å². The number of nitrogens with zero attached hydrogens (tertiary/aromatic N) is 2. The molecular formula is C14H16N2O5S. The summed E-state index contributed by atoms with van der Waals surface area (Å²) in [6, 6.07) is 0.364. The molecule has 2 aliphatic rings. The highest BCUT2D eigenvalue weighted by molar-refractivity contribution is 7.13. The second-order valence-electron chi connectivity index (χ2n) is 5.84. The third kappa shape index (κ3) is 2.47. The van der Waals surface area contributed by atoms with E-state index < -0.39 is 22.8 Å². The van der Waals surface area contributed by atoms with Crippen LogP contribution >= 0.6 is 11.3 Å². The lowest BCUT2D eigenvalue weighted by Gasteiger charge is -2.32. The predicted molar refractivity (Wildman–Crippen MR) is 78.9 cm³/mol. The maximum atomic E-state index is 12.7. The number of hydrogen-bond acceptors (Lipinski definition) is 5. The van der Waals surface area contributed by atoms with Crippen LogP contribution in [0.3, 0.4) is 0 Å². The van der Waals surface area contributed by atoms with E-state index in [9.17, 15) is 24.8 Å². The highest BCUT2D eigenvalue weighted by Gasteiger charge is 2.47. The summed E-state index contributed by atoms with van der Waals surface area (Å²) in [6.45, 7) is 0. The standard InChI is InChI=1S/C14H16N2O5S/c17-13(9-6-12(16(20)21)22-7-9)15-10-4-2-1-3-8(10)5-11(15)14(18)19/h6-8,10-11H,1-5H2,(H,18,19). The Morgan fingerprint density at radius 2 is 2.09 bits per heavy atom. The molecule has 7 nitrogen and oxygen atoms in total. The van der Waals surface area contributed by atoms with E-state index in [1.165, 1.54) is 16.3 Å². The van der Waals surface area contributed by atoms with E-state index in [0.29, 0.717) is 6.42 Å². The largest absolute Gasteiger partial charge is 0.480 e. The van der Waals surface area contributed by atoms with E-state index in [0.717, 1.165) is 37.0 Å². The molecule has 1 N–H and O–H groups in total. The second-order valence-corrected chi connectivity index (χ2v) is 6.73. The van der Waals surface area contributed by atoms with Gasteiger partial charge in [-0.1, -0.05) is 24.2 Å². The number of aliphatic carboxylic acids is 1. The van der Waals surface area contributed by atoms with E-state index >= 15 is 0 Å². The van der Waals surface area contributed by atoms with Crippen molar-refractivity contribution in [2.75, 3.05) is 0 Å². The SMILES string of the molecule is O=C(O)C1CC2CCCCC2N1C(=O)c1csc([N+](=O)[O-])c1. The average Bonchev–Trinajstić information content (AvgIpc) is 3.11. The smallest absolute Gasteiger partial charge is 0.326 e. The Bertz CT molecular complexity index is 629. The quantitative estimate of drug-likeness (QED) is 0.680. The van der Waals surface area contributed by atoms with Crippen LogP contribution in [0.15, 0.2) is 11.4 Å². The van der Waals surface area contributed by atoms with E-state index in [-0.39, 0.29) is 22.5 Å². The van der Waals surface area contributed by atoms with Crippen LogP contribution in [0.5, 0.6) is 0 Å². The number of carboxylic acid groups (broad SMARTS) is 1. The number of carboxylic acids is 1. The first-order valence-electron chi connectivity index (χ1n) is 7.27. The second kappa shape index (κ2) is 5.68. The molecule has 1 aromatic heterocycles. The minimum absolute atomic E-state index is 0.0543. The van der Waals surface area contributed by atoms with Gasteiger partial charge in [0.15, 0.2) is 0 Å². The van der Waals surface area contributed by atoms with E-state index in [2.05, 4.69) is 0 Å². The lowest BCUT2D eigenvalue weighted by atomic mass is 9.84. The van der Waals surface area contributed by atoms with Crippen molar-refractivity contribution in [2.45, 2.75) is 44.2 Å². The van der Waals surface area contributed by atoms with Gasteiger partial charge >= 0.3 is 11.0 Å². The van der Waals surface area contributed by atoms with Crippen LogP contribution in [-0.2, 0) is 4.79 Å². The van der Waals surface area contributed by atoms with Crippen molar-refractivity contribution in [3.63, 3.8) is 0 Å². The van der Waals surface area contributed by atoms with Crippen molar-refractivity contribution in [1.29, 1.82) is 0 Å². The van der Waals surface area contributed by atoms with Gasteiger partial charge in [0.1, 0.15) is 6.04 Å². The molecule has 1 aliphatic carbocycles. The van der Waals surface area contributed by atoms with Gasteiger partial charge in [-0.25, -0.2) is 4.79 Å². The number of thiophene rings is 1. The molecule has 1 saturated heterocycles. The number of carbonyl (C=O) groups excluding carboxylic acids is 1. The third-order valence-electron chi connectivity index (χ3n) is 4.62. The highest BCUT2D eigenvalue weighted by atomic mass is 32.1. The molecular weight excluding hydrogens is 308 g/mol. The lowest BCUT2D eigenvalue weighted by Crippen LogP contribution is -2.46. The van der Waals surface area contributed by atoms with Crippen molar-refractivity contribution in [2.24, 2.45) is 5.92 Å². The van der Waals surface area contributed by atoms with Crippen LogP contribution in [0.25, 0.3) is 0 Å². The summed E-state index contributed by atoms with van der Waals surface area (Å²) in [5.74, 6) is -1.16. The molecule has 8 heteroatoms. The molecule has 2 heterocycles. The van der Waals surface area contributed by atoms with Gasteiger partial charge < -0.3 is 10.0 Å². The van der Waals surface area contributed by atoms with E-state index in [4.69, 9.17) is 0 Å². The van der Waals surface area contributed by atoms with Crippen LogP contribution in [0.2, 0.25) is 0 Å². The van der Waals surface area contributed by atoms with Gasteiger partial charge in [-0.05, 0) is 25.2 Å². The maximum Gasteiger partial charge on any atom is 0.326 e. The fraction of sp³-hybridized carbons (Fsp3) is 0.571. The summed E-state index contributed by atoms with van der Waals surface area (Å²) in [6.07, 6.45) is 4.30. The number of nitro groups is 1. The van der Waals surface area contributed by atoms with E-state index in [1.54, 1.807) is 0 Å². The van der Waals surface area contributed by atoms with Gasteiger partial charge in [0.25, 0.3) is 5.91 Å². The molecule has 0 spiro atoms. The van der Waals surface area contributed by atoms with Crippen LogP contribution < -0.4 is 0 Å². The molecule has 0 radical (unpaired) electrons. The number of fused-ring (bicyclic) bond motifs is 1. The molecule has 1 aromatic rings. The third-order valence-corrected chi connectivity index (χ3v) is 5.50. The summed E-state index contributed by atoms with van der Waals surface area (Å²) in [4.78, 5) is 35.9. The van der Waals surface area contributed by atoms with Crippen molar-refractivity contribution >= 4 is 28.2 Å². The zero-order valence-corrected chi connectivity index (χ0v) is 12.6. The van der Waals surface area contributed by atoms with Crippen molar-refractivity contribution in [3.05, 3.63) is 27.1 Å². The Balaban J connectivity index is 1.89. The van der Waals surface area contributed by atoms with Crippen LogP contribution in [0, 0.1) is 16.0 Å². The molecule has 3 rings (SSSR count). The normalized spacial score (nSPS) is 27.5. The molecule has 1 aliphatic heterocycles. The summed E-state index contributed by atoms with van der Waals surface area (Å²) in [5, 5.41) is 21.5. The Kier molecular flexibility index (Phi) is 3.86. The number of amides is 1. The van der Waals surface area contributed by atoms with Gasteiger partial charge in [-0.15, -0.1) is 0 Å². The first-order valence-corrected chi connectivity index (χ1v) is 8.15. The molecule has 118 valence electrons. The van der Waals surface area contributed by atoms with Crippen molar-refractivity contribution < 1.29 is 19.6 Å². The number of likely N-dealkylation sites (tertiary alicyclic amines) is 1. The van der Waals surface area contributed by atoms with Crippen LogP contribution in [-0.4, -0.2) is 38.9 Å². The molecule has 1 amide bonds. The highest BCUT2D eigenvalue weighted by Crippen LogP contribution is 2.41. The van der Waals surface area contributed by atoms with E-state index in [1.807, 2.05) is 0 Å². The first-order chi connectivity index (χ1) is 10.5. The Morgan fingerprint density at radius 1 is 1.36 bits per heavy atom. The molecule has 0 aromatic carbocycles.